The van der Waals surface area contributed by atoms with Crippen LogP contribution in [-0.4, -0.2) is 16.1 Å². The maximum atomic E-state index is 13.1. The summed E-state index contributed by atoms with van der Waals surface area (Å²) >= 11 is 1.64. The number of aliphatic hydroxyl groups is 1. The molecular weight excluding hydrogens is 230 g/mol. The SMILES string of the molecule is CC1SCCCC1(O)c1cc(F)cc(F)c1. The van der Waals surface area contributed by atoms with E-state index >= 15 is 0 Å². The van der Waals surface area contributed by atoms with Gasteiger partial charge in [-0.3, -0.25) is 0 Å². The van der Waals surface area contributed by atoms with Crippen LogP contribution in [0.3, 0.4) is 0 Å². The molecule has 16 heavy (non-hydrogen) atoms. The van der Waals surface area contributed by atoms with Crippen LogP contribution in [0.5, 0.6) is 0 Å². The van der Waals surface area contributed by atoms with Crippen molar-refractivity contribution in [2.24, 2.45) is 0 Å². The van der Waals surface area contributed by atoms with Gasteiger partial charge >= 0.3 is 0 Å². The second kappa shape index (κ2) is 4.34. The number of benzene rings is 1. The van der Waals surface area contributed by atoms with Crippen LogP contribution in [0.2, 0.25) is 0 Å². The predicted molar refractivity (Wildman–Crippen MR) is 61.4 cm³/mol. The molecule has 1 fully saturated rings. The lowest BCUT2D eigenvalue weighted by Gasteiger charge is -2.38. The van der Waals surface area contributed by atoms with E-state index in [0.717, 1.165) is 18.2 Å². The highest BCUT2D eigenvalue weighted by molar-refractivity contribution is 8.00. The van der Waals surface area contributed by atoms with E-state index in [1.54, 1.807) is 11.8 Å². The van der Waals surface area contributed by atoms with Crippen molar-refractivity contribution in [2.45, 2.75) is 30.6 Å². The fraction of sp³-hybridized carbons (Fsp3) is 0.500. The smallest absolute Gasteiger partial charge is 0.126 e. The highest BCUT2D eigenvalue weighted by Gasteiger charge is 2.38. The number of hydrogen-bond donors (Lipinski definition) is 1. The number of hydrogen-bond acceptors (Lipinski definition) is 2. The van der Waals surface area contributed by atoms with Crippen molar-refractivity contribution in [3.8, 4) is 0 Å². The van der Waals surface area contributed by atoms with Gasteiger partial charge in [0.1, 0.15) is 17.2 Å². The monoisotopic (exact) mass is 244 g/mol. The highest BCUT2D eigenvalue weighted by Crippen LogP contribution is 2.41. The molecule has 1 heterocycles. The molecule has 2 unspecified atom stereocenters. The normalized spacial score (nSPS) is 30.4. The van der Waals surface area contributed by atoms with Crippen LogP contribution in [0.4, 0.5) is 8.78 Å². The Hall–Kier alpha value is -0.610. The van der Waals surface area contributed by atoms with E-state index in [9.17, 15) is 13.9 Å². The van der Waals surface area contributed by atoms with Gasteiger partial charge in [-0.05, 0) is 36.3 Å². The van der Waals surface area contributed by atoms with Crippen LogP contribution in [0.15, 0.2) is 18.2 Å². The molecule has 0 spiro atoms. The van der Waals surface area contributed by atoms with E-state index < -0.39 is 17.2 Å². The van der Waals surface area contributed by atoms with Crippen molar-refractivity contribution in [1.29, 1.82) is 0 Å². The van der Waals surface area contributed by atoms with Gasteiger partial charge < -0.3 is 5.11 Å². The van der Waals surface area contributed by atoms with Gasteiger partial charge in [0.15, 0.2) is 0 Å². The van der Waals surface area contributed by atoms with Crippen LogP contribution >= 0.6 is 11.8 Å². The Bertz CT molecular complexity index is 376. The fourth-order valence-corrected chi connectivity index (χ4v) is 3.32. The summed E-state index contributed by atoms with van der Waals surface area (Å²) in [6.07, 6.45) is 1.42. The second-order valence-electron chi connectivity index (χ2n) is 4.20. The lowest BCUT2D eigenvalue weighted by molar-refractivity contribution is 0.0248. The molecule has 0 radical (unpaired) electrons. The van der Waals surface area contributed by atoms with Crippen LogP contribution in [0.25, 0.3) is 0 Å². The van der Waals surface area contributed by atoms with Gasteiger partial charge in [-0.25, -0.2) is 8.78 Å². The quantitative estimate of drug-likeness (QED) is 0.819. The first-order chi connectivity index (χ1) is 7.52. The van der Waals surface area contributed by atoms with Crippen molar-refractivity contribution in [1.82, 2.24) is 0 Å². The molecule has 0 bridgehead atoms. The molecule has 1 aliphatic rings. The summed E-state index contributed by atoms with van der Waals surface area (Å²) in [6, 6.07) is 3.28. The van der Waals surface area contributed by atoms with E-state index in [2.05, 4.69) is 0 Å². The Morgan fingerprint density at radius 1 is 1.31 bits per heavy atom. The maximum absolute atomic E-state index is 13.1. The third-order valence-corrected chi connectivity index (χ3v) is 4.52. The van der Waals surface area contributed by atoms with E-state index in [0.29, 0.717) is 12.0 Å². The number of halogens is 2. The largest absolute Gasteiger partial charge is 0.384 e. The first-order valence-electron chi connectivity index (χ1n) is 5.33. The molecule has 2 rings (SSSR count). The van der Waals surface area contributed by atoms with E-state index in [1.165, 1.54) is 12.1 Å². The van der Waals surface area contributed by atoms with Crippen molar-refractivity contribution in [3.05, 3.63) is 35.4 Å². The summed E-state index contributed by atoms with van der Waals surface area (Å²) in [6.45, 7) is 1.90. The van der Waals surface area contributed by atoms with Crippen molar-refractivity contribution < 1.29 is 13.9 Å². The van der Waals surface area contributed by atoms with Gasteiger partial charge in [-0.1, -0.05) is 6.92 Å². The van der Waals surface area contributed by atoms with Gasteiger partial charge in [0.25, 0.3) is 0 Å². The zero-order chi connectivity index (χ0) is 11.8. The lowest BCUT2D eigenvalue weighted by Crippen LogP contribution is -2.39. The van der Waals surface area contributed by atoms with Crippen LogP contribution < -0.4 is 0 Å². The van der Waals surface area contributed by atoms with E-state index in [4.69, 9.17) is 0 Å². The van der Waals surface area contributed by atoms with Crippen molar-refractivity contribution >= 4 is 11.8 Å². The minimum absolute atomic E-state index is 0.0394. The molecule has 1 aromatic carbocycles. The Morgan fingerprint density at radius 3 is 2.50 bits per heavy atom. The van der Waals surface area contributed by atoms with Crippen molar-refractivity contribution in [2.75, 3.05) is 5.75 Å². The summed E-state index contributed by atoms with van der Waals surface area (Å²) in [7, 11) is 0. The molecule has 0 amide bonds. The minimum Gasteiger partial charge on any atom is -0.384 e. The summed E-state index contributed by atoms with van der Waals surface area (Å²) in [5, 5.41) is 10.5. The zero-order valence-corrected chi connectivity index (χ0v) is 9.86. The third kappa shape index (κ3) is 2.09. The number of rotatable bonds is 1. The first-order valence-corrected chi connectivity index (χ1v) is 6.38. The van der Waals surface area contributed by atoms with Gasteiger partial charge in [0, 0.05) is 11.3 Å². The molecule has 0 saturated carbocycles. The summed E-state index contributed by atoms with van der Waals surface area (Å²) in [5.74, 6) is -0.279. The first kappa shape index (κ1) is 11.9. The van der Waals surface area contributed by atoms with E-state index in [1.807, 2.05) is 6.92 Å². The summed E-state index contributed by atoms with van der Waals surface area (Å²) < 4.78 is 26.2. The maximum Gasteiger partial charge on any atom is 0.126 e. The topological polar surface area (TPSA) is 20.2 Å². The molecule has 88 valence electrons. The molecule has 0 aliphatic carbocycles. The number of thioether (sulfide) groups is 1. The lowest BCUT2D eigenvalue weighted by atomic mass is 9.86. The predicted octanol–water partition coefficient (Wildman–Crippen LogP) is 3.07. The highest BCUT2D eigenvalue weighted by atomic mass is 32.2. The Kier molecular flexibility index (Phi) is 3.22. The Labute approximate surface area is 97.9 Å². The average molecular weight is 244 g/mol. The minimum atomic E-state index is -1.11. The molecule has 4 heteroatoms. The van der Waals surface area contributed by atoms with Gasteiger partial charge in [0.2, 0.25) is 0 Å². The summed E-state index contributed by atoms with van der Waals surface area (Å²) in [4.78, 5) is 0. The fourth-order valence-electron chi connectivity index (χ4n) is 2.13. The molecule has 1 N–H and O–H groups in total. The van der Waals surface area contributed by atoms with Gasteiger partial charge in [-0.2, -0.15) is 11.8 Å². The Balaban J connectivity index is 2.40. The molecule has 1 aliphatic heterocycles. The van der Waals surface area contributed by atoms with Crippen LogP contribution in [0, 0.1) is 11.6 Å². The van der Waals surface area contributed by atoms with Crippen LogP contribution in [-0.2, 0) is 5.60 Å². The Morgan fingerprint density at radius 2 is 1.94 bits per heavy atom. The third-order valence-electron chi connectivity index (χ3n) is 3.11. The van der Waals surface area contributed by atoms with Gasteiger partial charge in [0.05, 0.1) is 0 Å². The van der Waals surface area contributed by atoms with Gasteiger partial charge in [-0.15, -0.1) is 0 Å². The second-order valence-corrected chi connectivity index (χ2v) is 5.65. The molecule has 1 aromatic rings. The molecule has 2 atom stereocenters. The molecule has 0 aromatic heterocycles. The molecule has 1 saturated heterocycles. The standard InChI is InChI=1S/C12H14F2OS/c1-8-12(15,3-2-4-16-8)9-5-10(13)7-11(14)6-9/h5-8,15H,2-4H2,1H3. The summed E-state index contributed by atoms with van der Waals surface area (Å²) in [5.41, 5.74) is -0.754. The molecule has 1 nitrogen and oxygen atoms in total. The van der Waals surface area contributed by atoms with E-state index in [-0.39, 0.29) is 5.25 Å². The van der Waals surface area contributed by atoms with Crippen LogP contribution in [0.1, 0.15) is 25.3 Å². The van der Waals surface area contributed by atoms with Crippen molar-refractivity contribution in [3.63, 3.8) is 0 Å². The zero-order valence-electron chi connectivity index (χ0n) is 9.04. The molecular formula is C12H14F2OS. The average Bonchev–Trinajstić information content (AvgIpc) is 2.21.